The largest absolute Gasteiger partial charge is 0.372 e. The van der Waals surface area contributed by atoms with E-state index < -0.39 is 10.7 Å². The molecule has 1 amide bonds. The number of carbonyl (C=O) groups is 1. The molecule has 94 valence electrons. The van der Waals surface area contributed by atoms with E-state index in [1.165, 1.54) is 0 Å². The van der Waals surface area contributed by atoms with Crippen molar-refractivity contribution in [2.75, 3.05) is 23.3 Å². The first-order valence-electron chi connectivity index (χ1n) is 5.52. The van der Waals surface area contributed by atoms with E-state index in [0.29, 0.717) is 5.69 Å². The van der Waals surface area contributed by atoms with Gasteiger partial charge in [0, 0.05) is 24.5 Å². The van der Waals surface area contributed by atoms with Crippen LogP contribution in [0.5, 0.6) is 0 Å². The van der Waals surface area contributed by atoms with Crippen LogP contribution >= 0.6 is 23.2 Å². The van der Waals surface area contributed by atoms with Gasteiger partial charge in [-0.2, -0.15) is 0 Å². The fourth-order valence-corrected chi connectivity index (χ4v) is 1.65. The molecule has 0 saturated carbocycles. The number of amides is 1. The predicted octanol–water partition coefficient (Wildman–Crippen LogP) is 3.28. The monoisotopic (exact) mass is 274 g/mol. The lowest BCUT2D eigenvalue weighted by Crippen LogP contribution is -2.22. The minimum atomic E-state index is -1.04. The molecular formula is C12H16Cl2N2O. The summed E-state index contributed by atoms with van der Waals surface area (Å²) < 4.78 is 0. The molecule has 5 heteroatoms. The van der Waals surface area contributed by atoms with Crippen LogP contribution < -0.4 is 10.2 Å². The van der Waals surface area contributed by atoms with Gasteiger partial charge < -0.3 is 10.2 Å². The van der Waals surface area contributed by atoms with Gasteiger partial charge >= 0.3 is 0 Å². The molecule has 1 aromatic carbocycles. The van der Waals surface area contributed by atoms with E-state index in [1.54, 1.807) is 0 Å². The van der Waals surface area contributed by atoms with Crippen molar-refractivity contribution in [2.24, 2.45) is 0 Å². The summed E-state index contributed by atoms with van der Waals surface area (Å²) in [6, 6.07) is 7.59. The van der Waals surface area contributed by atoms with Crippen molar-refractivity contribution < 1.29 is 4.79 Å². The minimum Gasteiger partial charge on any atom is -0.372 e. The molecule has 0 bridgehead atoms. The highest BCUT2D eigenvalue weighted by molar-refractivity contribution is 6.54. The van der Waals surface area contributed by atoms with Crippen LogP contribution in [0.2, 0.25) is 0 Å². The van der Waals surface area contributed by atoms with Crippen LogP contribution in [0.25, 0.3) is 0 Å². The lowest BCUT2D eigenvalue weighted by Gasteiger charge is -2.21. The highest BCUT2D eigenvalue weighted by atomic mass is 35.5. The van der Waals surface area contributed by atoms with Crippen LogP contribution in [-0.4, -0.2) is 23.8 Å². The summed E-state index contributed by atoms with van der Waals surface area (Å²) in [5.74, 6) is -0.413. The maximum atomic E-state index is 11.3. The number of nitrogens with zero attached hydrogens (tertiary/aromatic N) is 1. The lowest BCUT2D eigenvalue weighted by molar-refractivity contribution is -0.114. The van der Waals surface area contributed by atoms with Gasteiger partial charge in [-0.25, -0.2) is 0 Å². The van der Waals surface area contributed by atoms with Crippen molar-refractivity contribution in [1.29, 1.82) is 0 Å². The number of anilines is 2. The van der Waals surface area contributed by atoms with Gasteiger partial charge in [-0.3, -0.25) is 4.79 Å². The molecule has 0 aliphatic carbocycles. The Morgan fingerprint density at radius 2 is 1.76 bits per heavy atom. The van der Waals surface area contributed by atoms with Gasteiger partial charge in [-0.1, -0.05) is 23.2 Å². The molecule has 1 rings (SSSR count). The van der Waals surface area contributed by atoms with E-state index in [2.05, 4.69) is 24.1 Å². The number of alkyl halides is 2. The van der Waals surface area contributed by atoms with Crippen molar-refractivity contribution in [1.82, 2.24) is 0 Å². The summed E-state index contributed by atoms with van der Waals surface area (Å²) in [7, 11) is 0. The predicted molar refractivity (Wildman–Crippen MR) is 74.1 cm³/mol. The zero-order chi connectivity index (χ0) is 12.8. The Morgan fingerprint density at radius 3 is 2.18 bits per heavy atom. The summed E-state index contributed by atoms with van der Waals surface area (Å²) in [5, 5.41) is 2.62. The number of hydrogen-bond acceptors (Lipinski definition) is 2. The average Bonchev–Trinajstić information content (AvgIpc) is 2.32. The van der Waals surface area contributed by atoms with Crippen molar-refractivity contribution >= 4 is 40.5 Å². The standard InChI is InChI=1S/C12H16Cl2N2O/c1-3-16(4-2)10-7-5-9(6-8-10)15-12(17)11(13)14/h5-8,11H,3-4H2,1-2H3,(H,15,17). The highest BCUT2D eigenvalue weighted by Gasteiger charge is 2.11. The van der Waals surface area contributed by atoms with Crippen LogP contribution in [0.3, 0.4) is 0 Å². The van der Waals surface area contributed by atoms with Gasteiger partial charge in [0.1, 0.15) is 0 Å². The van der Waals surface area contributed by atoms with Gasteiger partial charge in [0.25, 0.3) is 5.91 Å². The van der Waals surface area contributed by atoms with Crippen molar-refractivity contribution in [3.8, 4) is 0 Å². The maximum absolute atomic E-state index is 11.3. The number of benzene rings is 1. The number of hydrogen-bond donors (Lipinski definition) is 1. The third-order valence-corrected chi connectivity index (χ3v) is 2.86. The van der Waals surface area contributed by atoms with Crippen LogP contribution in [-0.2, 0) is 4.79 Å². The first-order chi connectivity index (χ1) is 8.08. The second kappa shape index (κ2) is 6.72. The highest BCUT2D eigenvalue weighted by Crippen LogP contribution is 2.18. The number of halogens is 2. The first kappa shape index (κ1) is 14.1. The first-order valence-corrected chi connectivity index (χ1v) is 6.39. The van der Waals surface area contributed by atoms with E-state index >= 15 is 0 Å². The molecule has 3 nitrogen and oxygen atoms in total. The Balaban J connectivity index is 2.71. The Hall–Kier alpha value is -0.930. The van der Waals surface area contributed by atoms with E-state index in [9.17, 15) is 4.79 Å². The van der Waals surface area contributed by atoms with E-state index in [-0.39, 0.29) is 0 Å². The number of carbonyl (C=O) groups excluding carboxylic acids is 1. The molecule has 0 aliphatic rings. The smallest absolute Gasteiger partial charge is 0.257 e. The Kier molecular flexibility index (Phi) is 5.59. The number of nitrogens with one attached hydrogen (secondary N) is 1. The normalized spacial score (nSPS) is 10.4. The summed E-state index contributed by atoms with van der Waals surface area (Å²) in [5.41, 5.74) is 1.82. The van der Waals surface area contributed by atoms with Gasteiger partial charge in [0.2, 0.25) is 0 Å². The zero-order valence-electron chi connectivity index (χ0n) is 9.91. The van der Waals surface area contributed by atoms with E-state index in [4.69, 9.17) is 23.2 Å². The summed E-state index contributed by atoms with van der Waals surface area (Å²) in [6.07, 6.45) is 0. The molecule has 0 atom stereocenters. The van der Waals surface area contributed by atoms with Gasteiger partial charge in [-0.15, -0.1) is 0 Å². The van der Waals surface area contributed by atoms with E-state index in [0.717, 1.165) is 18.8 Å². The Bertz CT molecular complexity index is 361. The van der Waals surface area contributed by atoms with Crippen LogP contribution in [0, 0.1) is 0 Å². The molecule has 0 heterocycles. The molecule has 0 aromatic heterocycles. The molecule has 0 unspecified atom stereocenters. The second-order valence-corrected chi connectivity index (χ2v) is 4.61. The average molecular weight is 275 g/mol. The van der Waals surface area contributed by atoms with Crippen molar-refractivity contribution in [3.63, 3.8) is 0 Å². The van der Waals surface area contributed by atoms with Crippen LogP contribution in [0.4, 0.5) is 11.4 Å². The number of rotatable bonds is 5. The molecule has 0 spiro atoms. The van der Waals surface area contributed by atoms with Crippen molar-refractivity contribution in [2.45, 2.75) is 18.7 Å². The maximum Gasteiger partial charge on any atom is 0.257 e. The molecule has 1 aromatic rings. The van der Waals surface area contributed by atoms with E-state index in [1.807, 2.05) is 24.3 Å². The Morgan fingerprint density at radius 1 is 1.24 bits per heavy atom. The quantitative estimate of drug-likeness (QED) is 0.836. The fourth-order valence-electron chi connectivity index (χ4n) is 1.54. The topological polar surface area (TPSA) is 32.3 Å². The molecular weight excluding hydrogens is 259 g/mol. The molecule has 0 fully saturated rings. The second-order valence-electron chi connectivity index (χ2n) is 3.51. The molecule has 0 radical (unpaired) electrons. The molecule has 17 heavy (non-hydrogen) atoms. The zero-order valence-corrected chi connectivity index (χ0v) is 11.4. The van der Waals surface area contributed by atoms with Crippen LogP contribution in [0.15, 0.2) is 24.3 Å². The summed E-state index contributed by atoms with van der Waals surface area (Å²) >= 11 is 10.9. The Labute approximate surface area is 112 Å². The molecule has 0 aliphatic heterocycles. The molecule has 1 N–H and O–H groups in total. The summed E-state index contributed by atoms with van der Waals surface area (Å²) in [4.78, 5) is 12.4. The molecule has 0 saturated heterocycles. The third kappa shape index (κ3) is 4.10. The van der Waals surface area contributed by atoms with Gasteiger partial charge in [0.15, 0.2) is 4.84 Å². The van der Waals surface area contributed by atoms with Gasteiger partial charge in [0.05, 0.1) is 0 Å². The summed E-state index contributed by atoms with van der Waals surface area (Å²) in [6.45, 7) is 6.11. The minimum absolute atomic E-state index is 0.413. The van der Waals surface area contributed by atoms with Gasteiger partial charge in [-0.05, 0) is 38.1 Å². The van der Waals surface area contributed by atoms with Crippen molar-refractivity contribution in [3.05, 3.63) is 24.3 Å². The lowest BCUT2D eigenvalue weighted by atomic mass is 10.2. The SMILES string of the molecule is CCN(CC)c1ccc(NC(=O)C(Cl)Cl)cc1. The fraction of sp³-hybridized carbons (Fsp3) is 0.417. The van der Waals surface area contributed by atoms with Crippen LogP contribution in [0.1, 0.15) is 13.8 Å². The third-order valence-electron chi connectivity index (χ3n) is 2.46.